The van der Waals surface area contributed by atoms with Gasteiger partial charge in [0.05, 0.1) is 16.9 Å². The summed E-state index contributed by atoms with van der Waals surface area (Å²) < 4.78 is 0. The van der Waals surface area contributed by atoms with Crippen molar-refractivity contribution in [2.75, 3.05) is 7.05 Å². The summed E-state index contributed by atoms with van der Waals surface area (Å²) in [6, 6.07) is 11.5. The Bertz CT molecular complexity index is 1010. The molecule has 1 aliphatic heterocycles. The number of benzene rings is 1. The number of hydrogen-bond acceptors (Lipinski definition) is 6. The first-order valence-corrected chi connectivity index (χ1v) is 9.58. The largest absolute Gasteiger partial charge is 0.369 e. The summed E-state index contributed by atoms with van der Waals surface area (Å²) in [5.74, 6) is -0.0346. The monoisotopic (exact) mass is 377 g/mol. The van der Waals surface area contributed by atoms with Gasteiger partial charge in [0.25, 0.3) is 5.91 Å². The number of carbonyl (C=O) groups excluding carboxylic acids is 1. The first-order chi connectivity index (χ1) is 13.1. The highest BCUT2D eigenvalue weighted by Crippen LogP contribution is 2.39. The number of aliphatic imine (C=N–C) groups is 1. The fourth-order valence-electron chi connectivity index (χ4n) is 3.25. The summed E-state index contributed by atoms with van der Waals surface area (Å²) in [5.41, 5.74) is 10.7. The second-order valence-electron chi connectivity index (χ2n) is 6.40. The standard InChI is InChI=1S/C20H19N5OS/c1-3-13-7-8-17(22-10-13)20(18(26)25(2)19(21)24-20)15-6-4-5-14(9-15)16-11-27-12-23-16/h4-12H,3H2,1-2H3,(H2,21,24). The molecule has 0 saturated heterocycles. The molecular formula is C20H19N5OS. The van der Waals surface area contributed by atoms with Crippen LogP contribution in [0.1, 0.15) is 23.7 Å². The van der Waals surface area contributed by atoms with E-state index in [2.05, 4.69) is 21.9 Å². The van der Waals surface area contributed by atoms with Crippen molar-refractivity contribution in [3.05, 3.63) is 70.3 Å². The summed E-state index contributed by atoms with van der Waals surface area (Å²) in [5, 5.41) is 1.97. The van der Waals surface area contributed by atoms with Crippen molar-refractivity contribution in [2.24, 2.45) is 10.7 Å². The molecule has 2 N–H and O–H groups in total. The normalized spacial score (nSPS) is 19.4. The molecular weight excluding hydrogens is 358 g/mol. The fraction of sp³-hybridized carbons (Fsp3) is 0.200. The number of carbonyl (C=O) groups is 1. The van der Waals surface area contributed by atoms with E-state index in [1.165, 1.54) is 16.2 Å². The predicted octanol–water partition coefficient (Wildman–Crippen LogP) is 2.80. The van der Waals surface area contributed by atoms with Gasteiger partial charge in [0.15, 0.2) is 5.96 Å². The van der Waals surface area contributed by atoms with E-state index in [1.54, 1.807) is 18.8 Å². The van der Waals surface area contributed by atoms with E-state index in [0.717, 1.165) is 28.8 Å². The van der Waals surface area contributed by atoms with Crippen LogP contribution in [0.15, 0.2) is 58.5 Å². The maximum atomic E-state index is 13.3. The minimum Gasteiger partial charge on any atom is -0.369 e. The second-order valence-corrected chi connectivity index (χ2v) is 7.12. The Morgan fingerprint density at radius 3 is 2.67 bits per heavy atom. The zero-order valence-corrected chi connectivity index (χ0v) is 15.9. The molecule has 3 heterocycles. The highest BCUT2D eigenvalue weighted by molar-refractivity contribution is 7.07. The Balaban J connectivity index is 1.92. The molecule has 0 spiro atoms. The lowest BCUT2D eigenvalue weighted by molar-refractivity contribution is -0.129. The van der Waals surface area contributed by atoms with Crippen LogP contribution in [0.2, 0.25) is 0 Å². The first kappa shape index (κ1) is 17.4. The number of aryl methyl sites for hydroxylation is 1. The Kier molecular flexibility index (Phi) is 4.24. The lowest BCUT2D eigenvalue weighted by Crippen LogP contribution is -2.41. The van der Waals surface area contributed by atoms with Crippen LogP contribution in [-0.4, -0.2) is 33.8 Å². The average molecular weight is 377 g/mol. The number of amides is 1. The maximum absolute atomic E-state index is 13.3. The van der Waals surface area contributed by atoms with Crippen LogP contribution in [0.25, 0.3) is 11.3 Å². The highest BCUT2D eigenvalue weighted by Gasteiger charge is 2.50. The van der Waals surface area contributed by atoms with Crippen LogP contribution >= 0.6 is 11.3 Å². The van der Waals surface area contributed by atoms with Crippen molar-refractivity contribution in [1.82, 2.24) is 14.9 Å². The number of nitrogens with zero attached hydrogens (tertiary/aromatic N) is 4. The molecule has 4 rings (SSSR count). The summed E-state index contributed by atoms with van der Waals surface area (Å²) in [6.07, 6.45) is 2.66. The van der Waals surface area contributed by atoms with Gasteiger partial charge in [-0.2, -0.15) is 0 Å². The van der Waals surface area contributed by atoms with Gasteiger partial charge in [-0.1, -0.05) is 31.2 Å². The summed E-state index contributed by atoms with van der Waals surface area (Å²) in [4.78, 5) is 28.2. The Morgan fingerprint density at radius 2 is 2.07 bits per heavy atom. The van der Waals surface area contributed by atoms with Crippen molar-refractivity contribution in [2.45, 2.75) is 18.9 Å². The van der Waals surface area contributed by atoms with Gasteiger partial charge in [-0.3, -0.25) is 14.7 Å². The number of rotatable bonds is 4. The van der Waals surface area contributed by atoms with Crippen molar-refractivity contribution in [3.63, 3.8) is 0 Å². The smallest absolute Gasteiger partial charge is 0.267 e. The van der Waals surface area contributed by atoms with Crippen LogP contribution in [0.4, 0.5) is 0 Å². The van der Waals surface area contributed by atoms with Gasteiger partial charge in [0.2, 0.25) is 5.54 Å². The van der Waals surface area contributed by atoms with E-state index >= 15 is 0 Å². The van der Waals surface area contributed by atoms with Gasteiger partial charge in [-0.25, -0.2) is 9.98 Å². The van der Waals surface area contributed by atoms with E-state index in [1.807, 2.05) is 41.8 Å². The van der Waals surface area contributed by atoms with Gasteiger partial charge in [-0.05, 0) is 29.7 Å². The molecule has 2 aromatic heterocycles. The van der Waals surface area contributed by atoms with Crippen molar-refractivity contribution in [3.8, 4) is 11.3 Å². The number of hydrogen-bond donors (Lipinski definition) is 1. The third-order valence-corrected chi connectivity index (χ3v) is 5.44. The first-order valence-electron chi connectivity index (χ1n) is 8.64. The summed E-state index contributed by atoms with van der Waals surface area (Å²) in [6.45, 7) is 2.06. The van der Waals surface area contributed by atoms with Gasteiger partial charge >= 0.3 is 0 Å². The highest BCUT2D eigenvalue weighted by atomic mass is 32.1. The SMILES string of the molecule is CCc1ccc(C2(c3cccc(-c4cscn4)c3)N=C(N)N(C)C2=O)nc1. The van der Waals surface area contributed by atoms with Crippen LogP contribution in [0.3, 0.4) is 0 Å². The fourth-order valence-corrected chi connectivity index (χ4v) is 3.81. The van der Waals surface area contributed by atoms with Crippen molar-refractivity contribution >= 4 is 23.2 Å². The second kappa shape index (κ2) is 6.59. The number of pyridine rings is 1. The molecule has 1 aromatic carbocycles. The van der Waals surface area contributed by atoms with Crippen LogP contribution in [0, 0.1) is 0 Å². The molecule has 1 atom stereocenters. The van der Waals surface area contributed by atoms with Crippen LogP contribution in [0.5, 0.6) is 0 Å². The lowest BCUT2D eigenvalue weighted by Gasteiger charge is -2.25. The number of nitrogens with two attached hydrogens (primary N) is 1. The molecule has 136 valence electrons. The molecule has 0 aliphatic carbocycles. The molecule has 0 fully saturated rings. The third kappa shape index (κ3) is 2.71. The topological polar surface area (TPSA) is 84.5 Å². The number of aromatic nitrogens is 2. The minimum atomic E-state index is -1.28. The van der Waals surface area contributed by atoms with Gasteiger partial charge in [0, 0.05) is 24.2 Å². The zero-order valence-electron chi connectivity index (χ0n) is 15.1. The molecule has 0 saturated carbocycles. The zero-order chi connectivity index (χ0) is 19.0. The number of thiazole rings is 1. The third-order valence-electron chi connectivity index (χ3n) is 4.85. The molecule has 0 radical (unpaired) electrons. The van der Waals surface area contributed by atoms with E-state index in [0.29, 0.717) is 5.69 Å². The minimum absolute atomic E-state index is 0.181. The van der Waals surface area contributed by atoms with Crippen LogP contribution in [-0.2, 0) is 16.8 Å². The van der Waals surface area contributed by atoms with E-state index < -0.39 is 5.54 Å². The summed E-state index contributed by atoms with van der Waals surface area (Å²) in [7, 11) is 1.63. The molecule has 1 aliphatic rings. The lowest BCUT2D eigenvalue weighted by atomic mass is 9.85. The average Bonchev–Trinajstić information content (AvgIpc) is 3.32. The molecule has 0 bridgehead atoms. The molecule has 6 nitrogen and oxygen atoms in total. The van der Waals surface area contributed by atoms with Crippen molar-refractivity contribution < 1.29 is 4.79 Å². The quantitative estimate of drug-likeness (QED) is 0.758. The Hall–Kier alpha value is -3.06. The number of likely N-dealkylation sites (N-methyl/N-ethyl adjacent to an activating group) is 1. The van der Waals surface area contributed by atoms with Crippen molar-refractivity contribution in [1.29, 1.82) is 0 Å². The van der Waals surface area contributed by atoms with Gasteiger partial charge < -0.3 is 5.73 Å². The van der Waals surface area contributed by atoms with E-state index in [9.17, 15) is 4.79 Å². The van der Waals surface area contributed by atoms with E-state index in [4.69, 9.17) is 5.73 Å². The van der Waals surface area contributed by atoms with E-state index in [-0.39, 0.29) is 11.9 Å². The predicted molar refractivity (Wildman–Crippen MR) is 106 cm³/mol. The Morgan fingerprint density at radius 1 is 1.22 bits per heavy atom. The van der Waals surface area contributed by atoms with Gasteiger partial charge in [-0.15, -0.1) is 11.3 Å². The van der Waals surface area contributed by atoms with Crippen LogP contribution < -0.4 is 5.73 Å². The Labute approximate surface area is 161 Å². The summed E-state index contributed by atoms with van der Waals surface area (Å²) >= 11 is 1.53. The van der Waals surface area contributed by atoms with Gasteiger partial charge in [0.1, 0.15) is 0 Å². The maximum Gasteiger partial charge on any atom is 0.267 e. The number of guanidine groups is 1. The molecule has 1 unspecified atom stereocenters. The molecule has 7 heteroatoms. The molecule has 1 amide bonds. The molecule has 27 heavy (non-hydrogen) atoms. The molecule has 3 aromatic rings.